The van der Waals surface area contributed by atoms with Crippen molar-refractivity contribution in [3.8, 4) is 0 Å². The van der Waals surface area contributed by atoms with Gasteiger partial charge in [0, 0.05) is 153 Å². The highest BCUT2D eigenvalue weighted by Gasteiger charge is 2.43. The normalized spacial score (nSPS) is 11.7. The number of fused-ring (bicyclic) bond motifs is 4. The predicted octanol–water partition coefficient (Wildman–Crippen LogP) is 20.3. The average Bonchev–Trinajstić information content (AvgIpc) is 1.75. The van der Waals surface area contributed by atoms with Crippen LogP contribution in [0, 0.1) is 73.1 Å². The number of pyridine rings is 6. The van der Waals surface area contributed by atoms with Crippen molar-refractivity contribution in [3.05, 3.63) is 276 Å². The van der Waals surface area contributed by atoms with Gasteiger partial charge in [-0.05, 0) is 330 Å². The lowest BCUT2D eigenvalue weighted by molar-refractivity contribution is -0.152. The molecule has 3 N–H and O–H groups in total. The Bertz CT molecular complexity index is 6370. The molecule has 0 aliphatic rings. The molecule has 3 unspecified atom stereocenters. The summed E-state index contributed by atoms with van der Waals surface area (Å²) < 4.78 is 30.6. The first-order chi connectivity index (χ1) is 62.2. The first-order valence-electron chi connectivity index (χ1n) is 42.6. The number of aromatic nitrogens is 18. The van der Waals surface area contributed by atoms with Gasteiger partial charge in [0.1, 0.15) is 34.5 Å². The molecule has 0 fully saturated rings. The van der Waals surface area contributed by atoms with Gasteiger partial charge in [0.05, 0.1) is 67.4 Å². The Kier molecular flexibility index (Phi) is 41.3. The molecule has 14 aromatic rings. The summed E-state index contributed by atoms with van der Waals surface area (Å²) in [6.45, 7) is 40.9. The van der Waals surface area contributed by atoms with Gasteiger partial charge in [-0.25, -0.2) is 18.7 Å². The van der Waals surface area contributed by atoms with E-state index >= 15 is 0 Å². The van der Waals surface area contributed by atoms with E-state index in [9.17, 15) is 29.4 Å². The first kappa shape index (κ1) is 111. The van der Waals surface area contributed by atoms with Crippen LogP contribution in [0.3, 0.4) is 0 Å². The zero-order chi connectivity index (χ0) is 98.3. The molecule has 0 saturated carbocycles. The quantitative estimate of drug-likeness (QED) is 0.0159. The van der Waals surface area contributed by atoms with E-state index in [0.29, 0.717) is 23.0 Å². The Balaban J connectivity index is 0.000000242. The van der Waals surface area contributed by atoms with E-state index in [0.717, 1.165) is 189 Å². The first-order valence-corrected chi connectivity index (χ1v) is 48.9. The molecule has 0 aliphatic carbocycles. The van der Waals surface area contributed by atoms with Gasteiger partial charge in [-0.15, -0.1) is 32.0 Å². The molecule has 10 heterocycles. The molecule has 3 atom stereocenters. The maximum atomic E-state index is 12.7. The van der Waals surface area contributed by atoms with Crippen LogP contribution in [-0.2, 0) is 88.4 Å². The Labute approximate surface area is 811 Å². The molecule has 0 spiro atoms. The number of rotatable bonds is 20. The smallest absolute Gasteiger partial charge is 0.312 e. The molecular weight excluding hydrogens is 1920 g/mol. The van der Waals surface area contributed by atoms with Crippen LogP contribution in [0.2, 0.25) is 19.6 Å². The van der Waals surface area contributed by atoms with E-state index in [1.54, 1.807) is 62.8 Å². The summed E-state index contributed by atoms with van der Waals surface area (Å²) in [6.07, 6.45) is 12.6. The molecule has 0 radical (unpaired) electrons. The zero-order valence-corrected chi connectivity index (χ0v) is 87.2. The highest BCUT2D eigenvalue weighted by Crippen LogP contribution is 2.46. The summed E-state index contributed by atoms with van der Waals surface area (Å²) in [4.78, 5) is 72.5. The number of Topliss-reactive ketones (excluding diaryl/α,β-unsaturated/α-hetero) is 1. The van der Waals surface area contributed by atoms with E-state index in [-0.39, 0.29) is 50.2 Å². The van der Waals surface area contributed by atoms with Gasteiger partial charge in [0.25, 0.3) is 5.95 Å². The summed E-state index contributed by atoms with van der Waals surface area (Å²) >= 11 is 16.0. The van der Waals surface area contributed by atoms with Crippen molar-refractivity contribution in [2.24, 2.45) is 39.0 Å². The van der Waals surface area contributed by atoms with Gasteiger partial charge >= 0.3 is 11.9 Å². The molecule has 0 saturated heterocycles. The topological polar surface area (TPSA) is 366 Å². The molecule has 0 bridgehead atoms. The molecule has 29 nitrogen and oxygen atoms in total. The summed E-state index contributed by atoms with van der Waals surface area (Å²) in [5, 5.41) is 62.0. The number of carbonyl (C=O) groups is 4. The molecule has 34 heteroatoms. The third-order valence-corrected chi connectivity index (χ3v) is 24.8. The van der Waals surface area contributed by atoms with Crippen LogP contribution in [0.1, 0.15) is 220 Å². The zero-order valence-electron chi connectivity index (χ0n) is 80.6. The van der Waals surface area contributed by atoms with Crippen molar-refractivity contribution in [3.63, 3.8) is 0 Å². The molecule has 0 aliphatic heterocycles. The summed E-state index contributed by atoms with van der Waals surface area (Å²) in [6, 6.07) is 29.2. The molecule has 10 aromatic heterocycles. The van der Waals surface area contributed by atoms with Crippen LogP contribution < -0.4 is 0 Å². The number of halogens is 4. The molecule has 0 amide bonds. The van der Waals surface area contributed by atoms with Crippen LogP contribution in [0.4, 0.5) is 0 Å². The third-order valence-electron chi connectivity index (χ3n) is 22.4. The summed E-state index contributed by atoms with van der Waals surface area (Å²) in [7, 11) is 10.3. The Morgan fingerprint density at radius 1 is 0.466 bits per heavy atom. The lowest BCUT2D eigenvalue weighted by atomic mass is 9.70. The number of nitrogens with zero attached hydrogens (tertiary/aromatic N) is 18. The number of hydrogen-bond donors (Lipinski definition) is 3. The summed E-state index contributed by atoms with van der Waals surface area (Å²) in [5.41, 5.74) is 26.3. The lowest BCUT2D eigenvalue weighted by Crippen LogP contribution is -2.34. The number of aliphatic hydroxyl groups is 3. The van der Waals surface area contributed by atoms with Crippen molar-refractivity contribution in [1.82, 2.24) is 89.9 Å². The second-order valence-corrected chi connectivity index (χ2v) is 41.3. The monoisotopic (exact) mass is 2040 g/mol. The molecule has 4 aromatic carbocycles. The molecule has 14 rings (SSSR count). The SMILES string of the molecule is C.CC(=O)c1cc(Br)cnc1C.CCc1cc(Br)cnc1C.CCc1cc(C(O)c2ccc3c(nnn3C)c2C)cnc1C.COC(=O)C(C)(C)C(c1cnc(C)c(CCl)c1)c1ccc2c(c1)nnn2C.COC(=O)C(C)(C)C(c1cnc(C)c(CO)c1)c1ccc2c(nnn2C)c1C.COC(O[Si](C)(C)C)=C(C)C.Cc1c(C=O)ccc2c1nnn2C.Cc1ncc(Br)cc1CO. The highest BCUT2D eigenvalue weighted by molar-refractivity contribution is 9.11. The fourth-order valence-electron chi connectivity index (χ4n) is 14.7. The number of aliphatic hydroxyl groups excluding tert-OH is 3. The number of ether oxygens (including phenoxy) is 3. The van der Waals surface area contributed by atoms with Gasteiger partial charge < -0.3 is 34.0 Å². The van der Waals surface area contributed by atoms with E-state index in [1.165, 1.54) is 26.7 Å². The van der Waals surface area contributed by atoms with Crippen molar-refractivity contribution in [2.75, 3.05) is 21.3 Å². The molecule has 710 valence electrons. The number of esters is 2. The maximum absolute atomic E-state index is 12.7. The summed E-state index contributed by atoms with van der Waals surface area (Å²) in [5.74, 6) is -0.111. The van der Waals surface area contributed by atoms with Crippen molar-refractivity contribution in [2.45, 2.75) is 202 Å². The van der Waals surface area contributed by atoms with E-state index in [1.807, 2.05) is 217 Å². The number of ketones is 1. The van der Waals surface area contributed by atoms with Gasteiger partial charge in [-0.1, -0.05) is 66.4 Å². The van der Waals surface area contributed by atoms with Crippen molar-refractivity contribution in [1.29, 1.82) is 0 Å². The van der Waals surface area contributed by atoms with Crippen LogP contribution in [0.15, 0.2) is 153 Å². The number of allylic oxidation sites excluding steroid dienone is 1. The number of hydrogen-bond acceptors (Lipinski definition) is 25. The van der Waals surface area contributed by atoms with Crippen LogP contribution in [0.25, 0.3) is 44.1 Å². The van der Waals surface area contributed by atoms with Crippen molar-refractivity contribution < 1.29 is 53.1 Å². The average molecular weight is 2050 g/mol. The number of alkyl halides is 1. The molecule has 133 heavy (non-hydrogen) atoms. The van der Waals surface area contributed by atoms with Gasteiger partial charge in [0.15, 0.2) is 5.78 Å². The minimum absolute atomic E-state index is 0. The third kappa shape index (κ3) is 28.2. The van der Waals surface area contributed by atoms with E-state index in [2.05, 4.69) is 158 Å². The Hall–Kier alpha value is -11.2. The standard InChI is InChI=1S/C21H26N4O3.C20H23ClN4O2.C17H20N4O.C9H9N3O.C8H8BrNO.C8H10BrN.C8H18O2Si.C7H8BrNO.CH4/c1-12-16(7-8-17-19(12)23-24-25(17)5)18(21(3,4)20(27)28-6)14-9-15(11-26)13(2)22-10-14;1-12-14(10-21)8-15(11-22-12)18(20(2,3)19(26)27-5)13-6-7-17-16(9-13)23-24-25(17)4;1-5-12-8-13(9-18-11(12)3)17(22)14-6-7-15-16(10(14)2)19-20-21(15)4;1-6-7(5-13)3-4-8-9(6)10-11-12(8)2;1-5-8(6(2)11)3-7(9)4-10-5;1-3-7-4-8(9)5-10-6(7)2;1-7(2)8(9-3)10-11(4,5)6;1-5-6(4-10)2-7(8)3-9-5;/h7-10,18,26H,11H2,1-6H3;6-9,11,18H,10H2,1-5H3;6-9,17,22H,5H2,1-4H3;3-5H,1-2H3;3-4H,1-2H3;4-5H,3H2,1-2H3;1-6H3;2-3,10H,4H2,1H3;1H4. The van der Waals surface area contributed by atoms with Crippen LogP contribution in [-0.4, -0.2) is 159 Å². The fourth-order valence-corrected chi connectivity index (χ4v) is 16.9. The minimum Gasteiger partial charge on any atom is -0.520 e. The fraction of sp³-hybridized carbons (Fsp3) is 0.394. The van der Waals surface area contributed by atoms with Crippen LogP contribution >= 0.6 is 59.4 Å². The number of aryl methyl sites for hydroxylation is 15. The molecular formula is C99H126Br3ClN18O11Si. The predicted molar refractivity (Wildman–Crippen MR) is 537 cm³/mol. The second-order valence-electron chi connectivity index (χ2n) is 33.9. The number of methoxy groups -OCH3 is 3. The van der Waals surface area contributed by atoms with E-state index < -0.39 is 25.3 Å². The number of aldehydes is 1. The minimum atomic E-state index is -1.49. The van der Waals surface area contributed by atoms with Gasteiger partial charge in [-0.2, -0.15) is 0 Å². The maximum Gasteiger partial charge on any atom is 0.312 e. The van der Waals surface area contributed by atoms with Crippen molar-refractivity contribution >= 4 is 136 Å². The highest BCUT2D eigenvalue weighted by atomic mass is 79.9. The van der Waals surface area contributed by atoms with Crippen LogP contribution in [0.5, 0.6) is 0 Å². The second kappa shape index (κ2) is 49.7. The Morgan fingerprint density at radius 3 is 1.27 bits per heavy atom. The lowest BCUT2D eigenvalue weighted by Gasteiger charge is -2.33. The Morgan fingerprint density at radius 2 is 0.842 bits per heavy atom. The van der Waals surface area contributed by atoms with E-state index in [4.69, 9.17) is 35.3 Å². The van der Waals surface area contributed by atoms with Gasteiger partial charge in [0.2, 0.25) is 8.32 Å². The number of carbonyl (C=O) groups excluding carboxylic acids is 4. The largest absolute Gasteiger partial charge is 0.520 e. The van der Waals surface area contributed by atoms with Gasteiger partial charge in [-0.3, -0.25) is 49.1 Å². The number of benzene rings is 4.